The molecule has 1 aliphatic rings. The minimum absolute atomic E-state index is 0.120. The van der Waals surface area contributed by atoms with Gasteiger partial charge in [0.15, 0.2) is 11.5 Å². The van der Waals surface area contributed by atoms with Gasteiger partial charge in [-0.2, -0.15) is 0 Å². The van der Waals surface area contributed by atoms with Gasteiger partial charge in [-0.05, 0) is 30.3 Å². The Hall–Kier alpha value is -4.01. The predicted octanol–water partition coefficient (Wildman–Crippen LogP) is 2.71. The van der Waals surface area contributed by atoms with Gasteiger partial charge >= 0.3 is 0 Å². The SMILES string of the molecule is CN(C)c1ncnc2ccc(N3CCN(C(=O)c4cc(-c5cccnc5)on4)CC3)cc12. The zero-order chi connectivity index (χ0) is 22.1. The molecule has 1 saturated heterocycles. The van der Waals surface area contributed by atoms with Crippen molar-refractivity contribution in [2.24, 2.45) is 0 Å². The van der Waals surface area contributed by atoms with E-state index >= 15 is 0 Å². The van der Waals surface area contributed by atoms with Gasteiger partial charge in [-0.3, -0.25) is 9.78 Å². The highest BCUT2D eigenvalue weighted by Crippen LogP contribution is 2.27. The van der Waals surface area contributed by atoms with Crippen molar-refractivity contribution in [3.05, 3.63) is 60.8 Å². The number of anilines is 2. The normalized spacial score (nSPS) is 14.1. The largest absolute Gasteiger partial charge is 0.368 e. The molecule has 0 radical (unpaired) electrons. The molecule has 0 N–H and O–H groups in total. The van der Waals surface area contributed by atoms with E-state index in [4.69, 9.17) is 4.52 Å². The number of carbonyl (C=O) groups excluding carboxylic acids is 1. The van der Waals surface area contributed by atoms with Crippen LogP contribution in [0.15, 0.2) is 59.6 Å². The first-order valence-electron chi connectivity index (χ1n) is 10.4. The number of piperazine rings is 1. The average molecular weight is 429 g/mol. The number of nitrogens with zero attached hydrogens (tertiary/aromatic N) is 7. The molecular weight excluding hydrogens is 406 g/mol. The number of hydrogen-bond acceptors (Lipinski definition) is 8. The first kappa shape index (κ1) is 19.9. The summed E-state index contributed by atoms with van der Waals surface area (Å²) in [5, 5.41) is 4.99. The van der Waals surface area contributed by atoms with Gasteiger partial charge in [0.05, 0.1) is 5.52 Å². The molecular formula is C23H23N7O2. The van der Waals surface area contributed by atoms with Crippen LogP contribution in [0.25, 0.3) is 22.2 Å². The van der Waals surface area contributed by atoms with Crippen LogP contribution < -0.4 is 9.80 Å². The molecule has 0 bridgehead atoms. The highest BCUT2D eigenvalue weighted by atomic mass is 16.5. The molecule has 0 unspecified atom stereocenters. The molecule has 5 rings (SSSR count). The van der Waals surface area contributed by atoms with Crippen molar-refractivity contribution < 1.29 is 9.32 Å². The molecule has 1 fully saturated rings. The lowest BCUT2D eigenvalue weighted by Gasteiger charge is -2.36. The Morgan fingerprint density at radius 2 is 1.91 bits per heavy atom. The van der Waals surface area contributed by atoms with Crippen LogP contribution in [0.1, 0.15) is 10.5 Å². The number of hydrogen-bond donors (Lipinski definition) is 0. The molecule has 0 saturated carbocycles. The van der Waals surface area contributed by atoms with E-state index in [-0.39, 0.29) is 5.91 Å². The molecule has 9 nitrogen and oxygen atoms in total. The van der Waals surface area contributed by atoms with E-state index in [1.165, 1.54) is 0 Å². The molecule has 3 aromatic heterocycles. The fourth-order valence-electron chi connectivity index (χ4n) is 3.93. The number of amides is 1. The summed E-state index contributed by atoms with van der Waals surface area (Å²) in [6, 6.07) is 11.6. The number of fused-ring (bicyclic) bond motifs is 1. The fraction of sp³-hybridized carbons (Fsp3) is 0.261. The maximum absolute atomic E-state index is 12.9. The van der Waals surface area contributed by atoms with Crippen LogP contribution in [0.2, 0.25) is 0 Å². The standard InChI is InChI=1S/C23H23N7O2/c1-28(2)22-18-12-17(5-6-19(18)25-15-26-22)29-8-10-30(11-9-29)23(31)20-13-21(32-27-20)16-4-3-7-24-14-16/h3-7,12-15H,8-11H2,1-2H3. The van der Waals surface area contributed by atoms with Crippen LogP contribution in [0, 0.1) is 0 Å². The summed E-state index contributed by atoms with van der Waals surface area (Å²) in [7, 11) is 3.95. The second-order valence-corrected chi connectivity index (χ2v) is 7.89. The third-order valence-electron chi connectivity index (χ3n) is 5.63. The maximum Gasteiger partial charge on any atom is 0.276 e. The molecule has 4 heterocycles. The maximum atomic E-state index is 12.9. The fourth-order valence-corrected chi connectivity index (χ4v) is 3.93. The van der Waals surface area contributed by atoms with Crippen molar-refractivity contribution in [3.63, 3.8) is 0 Å². The van der Waals surface area contributed by atoms with Crippen LogP contribution in [0.5, 0.6) is 0 Å². The van der Waals surface area contributed by atoms with Gasteiger partial charge in [-0.15, -0.1) is 0 Å². The number of benzene rings is 1. The van der Waals surface area contributed by atoms with Crippen molar-refractivity contribution in [1.29, 1.82) is 0 Å². The van der Waals surface area contributed by atoms with Crippen LogP contribution in [0.4, 0.5) is 11.5 Å². The van der Waals surface area contributed by atoms with Gasteiger partial charge < -0.3 is 19.2 Å². The van der Waals surface area contributed by atoms with Crippen molar-refractivity contribution >= 4 is 28.3 Å². The molecule has 0 spiro atoms. The molecule has 1 aromatic carbocycles. The Morgan fingerprint density at radius 1 is 1.06 bits per heavy atom. The summed E-state index contributed by atoms with van der Waals surface area (Å²) in [5.41, 5.74) is 3.12. The molecule has 1 amide bonds. The molecule has 0 atom stereocenters. The first-order valence-corrected chi connectivity index (χ1v) is 10.4. The minimum atomic E-state index is -0.120. The summed E-state index contributed by atoms with van der Waals surface area (Å²) in [4.78, 5) is 31.9. The van der Waals surface area contributed by atoms with E-state index in [9.17, 15) is 4.79 Å². The zero-order valence-corrected chi connectivity index (χ0v) is 18.0. The van der Waals surface area contributed by atoms with Crippen molar-refractivity contribution in [3.8, 4) is 11.3 Å². The van der Waals surface area contributed by atoms with E-state index in [0.29, 0.717) is 24.5 Å². The minimum Gasteiger partial charge on any atom is -0.368 e. The summed E-state index contributed by atoms with van der Waals surface area (Å²) in [6.45, 7) is 2.68. The third kappa shape index (κ3) is 3.73. The second kappa shape index (κ2) is 8.26. The number of aromatic nitrogens is 4. The highest BCUT2D eigenvalue weighted by molar-refractivity contribution is 5.94. The highest BCUT2D eigenvalue weighted by Gasteiger charge is 2.25. The smallest absolute Gasteiger partial charge is 0.276 e. The predicted molar refractivity (Wildman–Crippen MR) is 122 cm³/mol. The molecule has 4 aromatic rings. The lowest BCUT2D eigenvalue weighted by Crippen LogP contribution is -2.48. The van der Waals surface area contributed by atoms with Gasteiger partial charge in [0.1, 0.15) is 12.1 Å². The second-order valence-electron chi connectivity index (χ2n) is 7.89. The van der Waals surface area contributed by atoms with Crippen LogP contribution in [0.3, 0.4) is 0 Å². The number of carbonyl (C=O) groups is 1. The van der Waals surface area contributed by atoms with Crippen molar-refractivity contribution in [1.82, 2.24) is 25.0 Å². The van der Waals surface area contributed by atoms with E-state index in [1.54, 1.807) is 24.8 Å². The van der Waals surface area contributed by atoms with Crippen molar-refractivity contribution in [2.45, 2.75) is 0 Å². The van der Waals surface area contributed by atoms with Crippen LogP contribution >= 0.6 is 0 Å². The average Bonchev–Trinajstić information content (AvgIpc) is 3.34. The zero-order valence-electron chi connectivity index (χ0n) is 18.0. The number of rotatable bonds is 4. The molecule has 162 valence electrons. The Morgan fingerprint density at radius 3 is 2.66 bits per heavy atom. The van der Waals surface area contributed by atoms with Crippen LogP contribution in [-0.2, 0) is 0 Å². The summed E-state index contributed by atoms with van der Waals surface area (Å²) in [5.74, 6) is 1.31. The first-order chi connectivity index (χ1) is 15.6. The van der Waals surface area contributed by atoms with Gasteiger partial charge in [-0.1, -0.05) is 5.16 Å². The number of pyridine rings is 1. The van der Waals surface area contributed by atoms with Gasteiger partial charge in [-0.25, -0.2) is 9.97 Å². The molecule has 9 heteroatoms. The molecule has 0 aliphatic carbocycles. The van der Waals surface area contributed by atoms with Gasteiger partial charge in [0, 0.05) is 75.4 Å². The van der Waals surface area contributed by atoms with Gasteiger partial charge in [0.25, 0.3) is 5.91 Å². The Labute approximate surface area is 185 Å². The quantitative estimate of drug-likeness (QED) is 0.489. The monoisotopic (exact) mass is 429 g/mol. The summed E-state index contributed by atoms with van der Waals surface area (Å²) < 4.78 is 5.36. The summed E-state index contributed by atoms with van der Waals surface area (Å²) >= 11 is 0. The Kier molecular flexibility index (Phi) is 5.14. The lowest BCUT2D eigenvalue weighted by atomic mass is 10.1. The Balaban J connectivity index is 1.29. The molecule has 32 heavy (non-hydrogen) atoms. The Bertz CT molecular complexity index is 1250. The van der Waals surface area contributed by atoms with E-state index < -0.39 is 0 Å². The van der Waals surface area contributed by atoms with E-state index in [1.807, 2.05) is 42.1 Å². The molecule has 1 aliphatic heterocycles. The van der Waals surface area contributed by atoms with Crippen LogP contribution in [-0.4, -0.2) is 71.2 Å². The third-order valence-corrected chi connectivity index (χ3v) is 5.63. The van der Waals surface area contributed by atoms with Gasteiger partial charge in [0.2, 0.25) is 0 Å². The van der Waals surface area contributed by atoms with E-state index in [0.717, 1.165) is 41.1 Å². The lowest BCUT2D eigenvalue weighted by molar-refractivity contribution is 0.0736. The summed E-state index contributed by atoms with van der Waals surface area (Å²) in [6.07, 6.45) is 4.96. The van der Waals surface area contributed by atoms with Crippen molar-refractivity contribution in [2.75, 3.05) is 50.1 Å². The van der Waals surface area contributed by atoms with E-state index in [2.05, 4.69) is 37.1 Å². The topological polar surface area (TPSA) is 91.5 Å².